The smallest absolute Gasteiger partial charge is 0.287 e. The van der Waals surface area contributed by atoms with Crippen LogP contribution in [0, 0.1) is 0 Å². The molecule has 3 aromatic rings. The fourth-order valence-electron chi connectivity index (χ4n) is 2.48. The normalized spacial score (nSPS) is 10.5. The van der Waals surface area contributed by atoms with Gasteiger partial charge >= 0.3 is 0 Å². The molecule has 0 fully saturated rings. The highest BCUT2D eigenvalue weighted by atomic mass is 16.5. The molecule has 26 heavy (non-hydrogen) atoms. The van der Waals surface area contributed by atoms with Crippen molar-refractivity contribution in [2.45, 2.75) is 26.6 Å². The molecule has 2 aromatic heterocycles. The van der Waals surface area contributed by atoms with Gasteiger partial charge < -0.3 is 19.2 Å². The van der Waals surface area contributed by atoms with Gasteiger partial charge in [0.1, 0.15) is 23.9 Å². The van der Waals surface area contributed by atoms with Gasteiger partial charge in [-0.05, 0) is 37.3 Å². The molecule has 1 N–H and O–H groups in total. The predicted octanol–water partition coefficient (Wildman–Crippen LogP) is 3.01. The maximum atomic E-state index is 12.2. The summed E-state index contributed by atoms with van der Waals surface area (Å²) in [4.78, 5) is 12.2. The Bertz CT molecular complexity index is 869. The Morgan fingerprint density at radius 2 is 2.08 bits per heavy atom. The molecule has 0 aliphatic carbocycles. The van der Waals surface area contributed by atoms with E-state index in [0.29, 0.717) is 23.8 Å². The number of hydrogen-bond donors (Lipinski definition) is 1. The molecule has 1 amide bonds. The van der Waals surface area contributed by atoms with E-state index < -0.39 is 0 Å². The number of furan rings is 1. The summed E-state index contributed by atoms with van der Waals surface area (Å²) in [5.41, 5.74) is 0.939. The fraction of sp³-hybridized carbons (Fsp3) is 0.263. The lowest BCUT2D eigenvalue weighted by Crippen LogP contribution is -2.23. The van der Waals surface area contributed by atoms with Crippen LogP contribution < -0.4 is 14.8 Å². The van der Waals surface area contributed by atoms with Crippen LogP contribution in [0.5, 0.6) is 11.5 Å². The lowest BCUT2D eigenvalue weighted by Gasteiger charge is -2.06. The van der Waals surface area contributed by atoms with Gasteiger partial charge in [-0.25, -0.2) is 0 Å². The average molecular weight is 355 g/mol. The maximum Gasteiger partial charge on any atom is 0.287 e. The molecule has 136 valence electrons. The zero-order valence-electron chi connectivity index (χ0n) is 14.8. The molecule has 0 radical (unpaired) electrons. The van der Waals surface area contributed by atoms with Crippen molar-refractivity contribution in [1.82, 2.24) is 15.1 Å². The molecule has 0 bridgehead atoms. The summed E-state index contributed by atoms with van der Waals surface area (Å²) in [7, 11) is 1.60. The van der Waals surface area contributed by atoms with Gasteiger partial charge in [0.15, 0.2) is 5.76 Å². The summed E-state index contributed by atoms with van der Waals surface area (Å²) in [6.45, 7) is 3.37. The first-order valence-electron chi connectivity index (χ1n) is 8.34. The Morgan fingerprint density at radius 1 is 1.23 bits per heavy atom. The molecule has 7 heteroatoms. The van der Waals surface area contributed by atoms with E-state index in [-0.39, 0.29) is 18.3 Å². The van der Waals surface area contributed by atoms with Gasteiger partial charge in [-0.2, -0.15) is 5.10 Å². The van der Waals surface area contributed by atoms with Crippen molar-refractivity contribution in [3.63, 3.8) is 0 Å². The third-order valence-corrected chi connectivity index (χ3v) is 3.84. The van der Waals surface area contributed by atoms with Crippen LogP contribution in [0.4, 0.5) is 0 Å². The number of rotatable bonds is 8. The predicted molar refractivity (Wildman–Crippen MR) is 95.1 cm³/mol. The number of nitrogens with zero attached hydrogens (tertiary/aromatic N) is 2. The van der Waals surface area contributed by atoms with Gasteiger partial charge in [0, 0.05) is 18.8 Å². The Hall–Kier alpha value is -3.22. The molecular weight excluding hydrogens is 334 g/mol. The Labute approximate surface area is 151 Å². The number of nitrogens with one attached hydrogen (secondary N) is 1. The van der Waals surface area contributed by atoms with Crippen LogP contribution in [-0.4, -0.2) is 22.8 Å². The molecule has 0 saturated heterocycles. The van der Waals surface area contributed by atoms with Gasteiger partial charge in [-0.15, -0.1) is 0 Å². The fourth-order valence-corrected chi connectivity index (χ4v) is 2.48. The molecule has 0 spiro atoms. The monoisotopic (exact) mass is 355 g/mol. The first-order valence-corrected chi connectivity index (χ1v) is 8.34. The number of amides is 1. The minimum absolute atomic E-state index is 0.225. The molecule has 7 nitrogen and oxygen atoms in total. The van der Waals surface area contributed by atoms with Crippen LogP contribution in [0.15, 0.2) is 53.1 Å². The highest BCUT2D eigenvalue weighted by Gasteiger charge is 2.12. The highest BCUT2D eigenvalue weighted by Crippen LogP contribution is 2.20. The number of aryl methyl sites for hydroxylation is 1. The second kappa shape index (κ2) is 8.24. The van der Waals surface area contributed by atoms with Crippen LogP contribution in [0.25, 0.3) is 0 Å². The number of hydrogen-bond acceptors (Lipinski definition) is 5. The first-order chi connectivity index (χ1) is 12.7. The minimum atomic E-state index is -0.276. The summed E-state index contributed by atoms with van der Waals surface area (Å²) < 4.78 is 18.2. The summed E-state index contributed by atoms with van der Waals surface area (Å²) in [6, 6.07) is 12.5. The Kier molecular flexibility index (Phi) is 5.58. The molecule has 0 saturated carbocycles. The second-order valence-corrected chi connectivity index (χ2v) is 5.55. The molecule has 2 heterocycles. The van der Waals surface area contributed by atoms with Crippen molar-refractivity contribution in [3.8, 4) is 11.5 Å². The molecule has 0 unspecified atom stereocenters. The van der Waals surface area contributed by atoms with Gasteiger partial charge in [0.05, 0.1) is 19.3 Å². The summed E-state index contributed by atoms with van der Waals surface area (Å²) in [5.74, 6) is 1.92. The van der Waals surface area contributed by atoms with Crippen LogP contribution in [0.2, 0.25) is 0 Å². The van der Waals surface area contributed by atoms with Gasteiger partial charge in [-0.3, -0.25) is 9.48 Å². The number of ether oxygens (including phenoxy) is 2. The summed E-state index contributed by atoms with van der Waals surface area (Å²) >= 11 is 0. The number of carbonyl (C=O) groups is 1. The summed E-state index contributed by atoms with van der Waals surface area (Å²) in [5, 5.41) is 7.00. The second-order valence-electron chi connectivity index (χ2n) is 5.55. The molecule has 0 aliphatic rings. The molecule has 0 aliphatic heterocycles. The zero-order chi connectivity index (χ0) is 18.4. The van der Waals surface area contributed by atoms with E-state index in [1.165, 1.54) is 0 Å². The van der Waals surface area contributed by atoms with Crippen LogP contribution >= 0.6 is 0 Å². The maximum absolute atomic E-state index is 12.2. The number of aromatic nitrogens is 2. The van der Waals surface area contributed by atoms with Crippen molar-refractivity contribution in [2.24, 2.45) is 0 Å². The molecule has 3 rings (SSSR count). The highest BCUT2D eigenvalue weighted by molar-refractivity contribution is 5.91. The Morgan fingerprint density at radius 3 is 2.88 bits per heavy atom. The van der Waals surface area contributed by atoms with E-state index in [0.717, 1.165) is 12.2 Å². The summed E-state index contributed by atoms with van der Waals surface area (Å²) in [6.07, 6.45) is 1.71. The zero-order valence-corrected chi connectivity index (χ0v) is 14.8. The molecule has 1 aromatic carbocycles. The van der Waals surface area contributed by atoms with Crippen molar-refractivity contribution in [2.75, 3.05) is 7.11 Å². The van der Waals surface area contributed by atoms with E-state index in [9.17, 15) is 4.79 Å². The molecule has 0 atom stereocenters. The third-order valence-electron chi connectivity index (χ3n) is 3.84. The van der Waals surface area contributed by atoms with Gasteiger partial charge in [-0.1, -0.05) is 6.07 Å². The van der Waals surface area contributed by atoms with Crippen molar-refractivity contribution in [3.05, 3.63) is 65.9 Å². The van der Waals surface area contributed by atoms with Crippen molar-refractivity contribution < 1.29 is 18.7 Å². The van der Waals surface area contributed by atoms with Crippen LogP contribution in [0.1, 0.15) is 28.9 Å². The minimum Gasteiger partial charge on any atom is -0.497 e. The first kappa shape index (κ1) is 17.6. The quantitative estimate of drug-likeness (QED) is 0.672. The van der Waals surface area contributed by atoms with E-state index in [1.54, 1.807) is 31.5 Å². The molecular formula is C19H21N3O4. The van der Waals surface area contributed by atoms with Gasteiger partial charge in [0.25, 0.3) is 5.91 Å². The number of carbonyl (C=O) groups excluding carboxylic acids is 1. The van der Waals surface area contributed by atoms with Crippen molar-refractivity contribution in [1.29, 1.82) is 0 Å². The van der Waals surface area contributed by atoms with Crippen molar-refractivity contribution >= 4 is 5.91 Å². The van der Waals surface area contributed by atoms with E-state index in [4.69, 9.17) is 13.9 Å². The van der Waals surface area contributed by atoms with Crippen LogP contribution in [-0.2, 0) is 19.7 Å². The standard InChI is InChI=1S/C19H21N3O4/c1-3-22-14(9-10-21-22)12-20-19(23)18-8-7-17(26-18)13-25-16-6-4-5-15(11-16)24-2/h4-11H,3,12-13H2,1-2H3,(H,20,23). The number of methoxy groups -OCH3 is 1. The van der Waals surface area contributed by atoms with E-state index >= 15 is 0 Å². The Balaban J connectivity index is 1.54. The third kappa shape index (κ3) is 4.24. The average Bonchev–Trinajstić information content (AvgIpc) is 3.33. The SMILES string of the molecule is CCn1nccc1CNC(=O)c1ccc(COc2cccc(OC)c2)o1. The largest absolute Gasteiger partial charge is 0.497 e. The lowest BCUT2D eigenvalue weighted by molar-refractivity contribution is 0.0918. The lowest BCUT2D eigenvalue weighted by atomic mass is 10.3. The van der Waals surface area contributed by atoms with Crippen LogP contribution in [0.3, 0.4) is 0 Å². The number of benzene rings is 1. The van der Waals surface area contributed by atoms with E-state index in [2.05, 4.69) is 10.4 Å². The van der Waals surface area contributed by atoms with E-state index in [1.807, 2.05) is 35.9 Å². The van der Waals surface area contributed by atoms with Gasteiger partial charge in [0.2, 0.25) is 0 Å². The topological polar surface area (TPSA) is 78.5 Å².